The highest BCUT2D eigenvalue weighted by Gasteiger charge is 2.04. The van der Waals surface area contributed by atoms with Gasteiger partial charge in [-0.15, -0.1) is 0 Å². The second-order valence-corrected chi connectivity index (χ2v) is 6.41. The van der Waals surface area contributed by atoms with E-state index in [4.69, 9.17) is 4.74 Å². The van der Waals surface area contributed by atoms with Gasteiger partial charge < -0.3 is 4.74 Å². The molecule has 0 aliphatic carbocycles. The number of carbonyl (C=O) groups excluding carboxylic acids is 1. The zero-order chi connectivity index (χ0) is 19.1. The highest BCUT2D eigenvalue weighted by molar-refractivity contribution is 5.94. The van der Waals surface area contributed by atoms with E-state index in [1.807, 2.05) is 74.5 Å². The van der Waals surface area contributed by atoms with Crippen LogP contribution in [0, 0.1) is 13.8 Å². The van der Waals surface area contributed by atoms with Crippen LogP contribution in [0.1, 0.15) is 32.6 Å². The highest BCUT2D eigenvalue weighted by atomic mass is 16.5. The van der Waals surface area contributed by atoms with Crippen molar-refractivity contribution in [3.63, 3.8) is 0 Å². The molecule has 0 aliphatic heterocycles. The molecule has 0 radical (unpaired) electrons. The molecule has 0 saturated heterocycles. The Balaban J connectivity index is 1.52. The summed E-state index contributed by atoms with van der Waals surface area (Å²) in [6.45, 7) is 4.52. The Morgan fingerprint density at radius 2 is 1.48 bits per heavy atom. The second-order valence-electron chi connectivity index (χ2n) is 6.41. The lowest BCUT2D eigenvalue weighted by molar-refractivity contribution is 0.0955. The molecule has 0 saturated carbocycles. The summed E-state index contributed by atoms with van der Waals surface area (Å²) < 4.78 is 5.75. The molecule has 0 unspecified atom stereocenters. The molecule has 0 fully saturated rings. The van der Waals surface area contributed by atoms with Crippen molar-refractivity contribution in [1.29, 1.82) is 0 Å². The Labute approximate surface area is 159 Å². The van der Waals surface area contributed by atoms with Crippen molar-refractivity contribution < 1.29 is 9.53 Å². The summed E-state index contributed by atoms with van der Waals surface area (Å²) >= 11 is 0. The number of rotatable bonds is 6. The maximum Gasteiger partial charge on any atom is 0.271 e. The predicted octanol–water partition coefficient (Wildman–Crippen LogP) is 4.65. The predicted molar refractivity (Wildman–Crippen MR) is 108 cm³/mol. The van der Waals surface area contributed by atoms with E-state index < -0.39 is 0 Å². The molecule has 0 heterocycles. The summed E-state index contributed by atoms with van der Waals surface area (Å²) in [7, 11) is 0. The van der Waals surface area contributed by atoms with Gasteiger partial charge in [-0.05, 0) is 49.2 Å². The number of nitrogens with zero attached hydrogens (tertiary/aromatic N) is 1. The maximum atomic E-state index is 12.2. The third-order valence-electron chi connectivity index (χ3n) is 4.10. The largest absolute Gasteiger partial charge is 0.489 e. The minimum atomic E-state index is -0.246. The average Bonchev–Trinajstić information content (AvgIpc) is 2.69. The van der Waals surface area contributed by atoms with Gasteiger partial charge in [-0.2, -0.15) is 5.10 Å². The third-order valence-corrected chi connectivity index (χ3v) is 4.10. The van der Waals surface area contributed by atoms with Crippen LogP contribution in [0.2, 0.25) is 0 Å². The first-order valence-electron chi connectivity index (χ1n) is 8.79. The molecule has 3 aromatic rings. The van der Waals surface area contributed by atoms with Crippen LogP contribution in [0.5, 0.6) is 5.75 Å². The first kappa shape index (κ1) is 18.4. The number of amides is 1. The van der Waals surface area contributed by atoms with Crippen LogP contribution in [0.3, 0.4) is 0 Å². The van der Waals surface area contributed by atoms with Crippen LogP contribution >= 0.6 is 0 Å². The van der Waals surface area contributed by atoms with Crippen LogP contribution in [0.4, 0.5) is 0 Å². The molecule has 0 aromatic heterocycles. The number of hydrazone groups is 1. The summed E-state index contributed by atoms with van der Waals surface area (Å²) in [6, 6.07) is 23.1. The van der Waals surface area contributed by atoms with Gasteiger partial charge >= 0.3 is 0 Å². The molecule has 0 atom stereocenters. The fraction of sp³-hybridized carbons (Fsp3) is 0.130. The Morgan fingerprint density at radius 3 is 2.11 bits per heavy atom. The average molecular weight is 358 g/mol. The van der Waals surface area contributed by atoms with E-state index in [0.29, 0.717) is 12.2 Å². The van der Waals surface area contributed by atoms with Gasteiger partial charge in [0.1, 0.15) is 12.4 Å². The number of aryl methyl sites for hydroxylation is 2. The lowest BCUT2D eigenvalue weighted by atomic mass is 10.1. The SMILES string of the molecule is Cc1ccc(C=NNC(=O)c2ccc(COc3ccc(C)cc3)cc2)cc1. The first-order valence-corrected chi connectivity index (χ1v) is 8.79. The fourth-order valence-electron chi connectivity index (χ4n) is 2.44. The molecule has 4 heteroatoms. The molecular formula is C23H22N2O2. The van der Waals surface area contributed by atoms with Gasteiger partial charge in [-0.1, -0.05) is 59.7 Å². The maximum absolute atomic E-state index is 12.2. The minimum absolute atomic E-state index is 0.246. The smallest absolute Gasteiger partial charge is 0.271 e. The number of hydrogen-bond donors (Lipinski definition) is 1. The van der Waals surface area contributed by atoms with Crippen LogP contribution < -0.4 is 10.2 Å². The van der Waals surface area contributed by atoms with Gasteiger partial charge in [-0.3, -0.25) is 4.79 Å². The van der Waals surface area contributed by atoms with E-state index in [1.54, 1.807) is 18.3 Å². The summed E-state index contributed by atoms with van der Waals surface area (Å²) in [5.74, 6) is 0.581. The van der Waals surface area contributed by atoms with Gasteiger partial charge in [0.25, 0.3) is 5.91 Å². The Kier molecular flexibility index (Phi) is 6.00. The van der Waals surface area contributed by atoms with Crippen molar-refractivity contribution in [3.05, 3.63) is 101 Å². The zero-order valence-electron chi connectivity index (χ0n) is 15.5. The number of ether oxygens (including phenoxy) is 1. The Morgan fingerprint density at radius 1 is 0.889 bits per heavy atom. The third kappa shape index (κ3) is 5.54. The van der Waals surface area contributed by atoms with Crippen molar-refractivity contribution in [2.24, 2.45) is 5.10 Å². The second kappa shape index (κ2) is 8.81. The van der Waals surface area contributed by atoms with Gasteiger partial charge in [0.2, 0.25) is 0 Å². The van der Waals surface area contributed by atoms with E-state index in [9.17, 15) is 4.79 Å². The molecule has 0 spiro atoms. The highest BCUT2D eigenvalue weighted by Crippen LogP contribution is 2.14. The summed E-state index contributed by atoms with van der Waals surface area (Å²) in [5.41, 5.74) is 7.41. The van der Waals surface area contributed by atoms with Gasteiger partial charge in [0.15, 0.2) is 0 Å². The van der Waals surface area contributed by atoms with E-state index in [1.165, 1.54) is 11.1 Å². The normalized spacial score (nSPS) is 10.7. The molecule has 27 heavy (non-hydrogen) atoms. The number of benzene rings is 3. The molecule has 136 valence electrons. The van der Waals surface area contributed by atoms with Crippen molar-refractivity contribution in [2.45, 2.75) is 20.5 Å². The Bertz CT molecular complexity index is 912. The van der Waals surface area contributed by atoms with Crippen molar-refractivity contribution in [1.82, 2.24) is 5.43 Å². The van der Waals surface area contributed by atoms with Crippen molar-refractivity contribution in [2.75, 3.05) is 0 Å². The van der Waals surface area contributed by atoms with Gasteiger partial charge in [0, 0.05) is 5.56 Å². The lowest BCUT2D eigenvalue weighted by Crippen LogP contribution is -2.17. The van der Waals surface area contributed by atoms with Crippen molar-refractivity contribution >= 4 is 12.1 Å². The molecule has 1 N–H and O–H groups in total. The quantitative estimate of drug-likeness (QED) is 0.515. The minimum Gasteiger partial charge on any atom is -0.489 e. The van der Waals surface area contributed by atoms with Crippen LogP contribution in [-0.2, 0) is 6.61 Å². The molecule has 1 amide bonds. The molecule has 3 aromatic carbocycles. The molecule has 3 rings (SSSR count). The van der Waals surface area contributed by atoms with E-state index >= 15 is 0 Å². The molecule has 0 bridgehead atoms. The zero-order valence-corrected chi connectivity index (χ0v) is 15.5. The molecule has 0 aliphatic rings. The van der Waals surface area contributed by atoms with Crippen LogP contribution in [-0.4, -0.2) is 12.1 Å². The first-order chi connectivity index (χ1) is 13.1. The van der Waals surface area contributed by atoms with E-state index in [0.717, 1.165) is 16.9 Å². The number of carbonyl (C=O) groups is 1. The number of nitrogens with one attached hydrogen (secondary N) is 1. The topological polar surface area (TPSA) is 50.7 Å². The summed E-state index contributed by atoms with van der Waals surface area (Å²) in [6.07, 6.45) is 1.63. The molecular weight excluding hydrogens is 336 g/mol. The number of hydrogen-bond acceptors (Lipinski definition) is 3. The fourth-order valence-corrected chi connectivity index (χ4v) is 2.44. The molecule has 4 nitrogen and oxygen atoms in total. The standard InChI is InChI=1S/C23H22N2O2/c1-17-3-7-19(8-4-17)15-24-25-23(26)21-11-9-20(10-12-21)16-27-22-13-5-18(2)6-14-22/h3-15H,16H2,1-2H3,(H,25,26). The van der Waals surface area contributed by atoms with Crippen LogP contribution in [0.15, 0.2) is 77.9 Å². The van der Waals surface area contributed by atoms with Gasteiger partial charge in [-0.25, -0.2) is 5.43 Å². The summed E-state index contributed by atoms with van der Waals surface area (Å²) in [5, 5.41) is 4.00. The van der Waals surface area contributed by atoms with Crippen molar-refractivity contribution in [3.8, 4) is 5.75 Å². The van der Waals surface area contributed by atoms with E-state index in [-0.39, 0.29) is 5.91 Å². The Hall–Kier alpha value is -3.40. The lowest BCUT2D eigenvalue weighted by Gasteiger charge is -2.07. The monoisotopic (exact) mass is 358 g/mol. The van der Waals surface area contributed by atoms with Crippen LogP contribution in [0.25, 0.3) is 0 Å². The van der Waals surface area contributed by atoms with Gasteiger partial charge in [0.05, 0.1) is 6.21 Å². The van der Waals surface area contributed by atoms with E-state index in [2.05, 4.69) is 10.5 Å². The summed E-state index contributed by atoms with van der Waals surface area (Å²) in [4.78, 5) is 12.2.